The van der Waals surface area contributed by atoms with Gasteiger partial charge in [0.05, 0.1) is 12.2 Å². The van der Waals surface area contributed by atoms with Crippen molar-refractivity contribution < 1.29 is 13.2 Å². The smallest absolute Gasteiger partial charge is 0.243 e. The third kappa shape index (κ3) is 4.33. The topological polar surface area (TPSA) is 81.1 Å². The standard InChI is InChI=1S/C13H23N3O3S/c1-9(2)8-10(3)16-12(6-7-14-16)15-13(17)11(4)20(5,18)19/h6-7,9-11H,8H2,1-5H3,(H,15,17)/t10-,11-/m0/s1. The van der Waals surface area contributed by atoms with Crippen LogP contribution in [0, 0.1) is 5.92 Å². The molecule has 1 N–H and O–H groups in total. The van der Waals surface area contributed by atoms with Gasteiger partial charge >= 0.3 is 0 Å². The zero-order valence-electron chi connectivity index (χ0n) is 12.6. The van der Waals surface area contributed by atoms with Crippen LogP contribution in [0.3, 0.4) is 0 Å². The van der Waals surface area contributed by atoms with Crippen molar-refractivity contribution in [2.24, 2.45) is 5.92 Å². The van der Waals surface area contributed by atoms with Crippen molar-refractivity contribution >= 4 is 21.6 Å². The highest BCUT2D eigenvalue weighted by Gasteiger charge is 2.24. The third-order valence-corrected chi connectivity index (χ3v) is 4.66. The number of amides is 1. The lowest BCUT2D eigenvalue weighted by atomic mass is 10.1. The number of anilines is 1. The van der Waals surface area contributed by atoms with Gasteiger partial charge in [0.2, 0.25) is 5.91 Å². The summed E-state index contributed by atoms with van der Waals surface area (Å²) < 4.78 is 24.5. The summed E-state index contributed by atoms with van der Waals surface area (Å²) in [6, 6.07) is 1.80. The number of hydrogen-bond acceptors (Lipinski definition) is 4. The molecule has 114 valence electrons. The Labute approximate surface area is 120 Å². The van der Waals surface area contributed by atoms with Crippen molar-refractivity contribution in [3.63, 3.8) is 0 Å². The predicted molar refractivity (Wildman–Crippen MR) is 79.3 cm³/mol. The van der Waals surface area contributed by atoms with Gasteiger partial charge in [-0.15, -0.1) is 0 Å². The van der Waals surface area contributed by atoms with Crippen molar-refractivity contribution in [3.8, 4) is 0 Å². The predicted octanol–water partition coefficient (Wildman–Crippen LogP) is 1.86. The molecule has 1 aromatic heterocycles. The van der Waals surface area contributed by atoms with Crippen LogP contribution in [0.1, 0.15) is 40.2 Å². The highest BCUT2D eigenvalue weighted by Crippen LogP contribution is 2.21. The molecule has 0 bridgehead atoms. The molecule has 0 aliphatic heterocycles. The van der Waals surface area contributed by atoms with Crippen LogP contribution in [0.2, 0.25) is 0 Å². The minimum Gasteiger partial charge on any atom is -0.310 e. The van der Waals surface area contributed by atoms with Gasteiger partial charge in [-0.05, 0) is 26.2 Å². The number of hydrogen-bond donors (Lipinski definition) is 1. The van der Waals surface area contributed by atoms with Crippen molar-refractivity contribution in [1.29, 1.82) is 0 Å². The van der Waals surface area contributed by atoms with Crippen molar-refractivity contribution in [2.75, 3.05) is 11.6 Å². The molecule has 6 nitrogen and oxygen atoms in total. The van der Waals surface area contributed by atoms with Gasteiger partial charge in [-0.2, -0.15) is 5.10 Å². The SMILES string of the molecule is CC(C)C[C@H](C)n1nccc1NC(=O)[C@H](C)S(C)(=O)=O. The molecule has 1 amide bonds. The molecule has 0 fully saturated rings. The van der Waals surface area contributed by atoms with Gasteiger partial charge in [0.1, 0.15) is 11.1 Å². The summed E-state index contributed by atoms with van der Waals surface area (Å²) >= 11 is 0. The van der Waals surface area contributed by atoms with Crippen LogP contribution in [0.5, 0.6) is 0 Å². The molecule has 0 saturated carbocycles. The van der Waals surface area contributed by atoms with E-state index in [2.05, 4.69) is 24.3 Å². The lowest BCUT2D eigenvalue weighted by molar-refractivity contribution is -0.115. The van der Waals surface area contributed by atoms with Gasteiger partial charge in [0, 0.05) is 12.3 Å². The maximum Gasteiger partial charge on any atom is 0.243 e. The summed E-state index contributed by atoms with van der Waals surface area (Å²) in [4.78, 5) is 11.9. The number of rotatable bonds is 6. The summed E-state index contributed by atoms with van der Waals surface area (Å²) in [5.74, 6) is 0.498. The van der Waals surface area contributed by atoms with E-state index in [-0.39, 0.29) is 6.04 Å². The molecule has 0 aliphatic carbocycles. The quantitative estimate of drug-likeness (QED) is 0.869. The minimum absolute atomic E-state index is 0.133. The Balaban J connectivity index is 2.85. The number of nitrogens with one attached hydrogen (secondary N) is 1. The van der Waals surface area contributed by atoms with E-state index >= 15 is 0 Å². The molecule has 7 heteroatoms. The Morgan fingerprint density at radius 2 is 1.95 bits per heavy atom. The van der Waals surface area contributed by atoms with E-state index in [1.54, 1.807) is 16.9 Å². The molecule has 1 rings (SSSR count). The lowest BCUT2D eigenvalue weighted by Gasteiger charge is -2.18. The lowest BCUT2D eigenvalue weighted by Crippen LogP contribution is -2.32. The summed E-state index contributed by atoms with van der Waals surface area (Å²) in [6.45, 7) is 7.62. The van der Waals surface area contributed by atoms with E-state index in [0.29, 0.717) is 11.7 Å². The summed E-state index contributed by atoms with van der Waals surface area (Å²) in [5.41, 5.74) is 0. The van der Waals surface area contributed by atoms with E-state index < -0.39 is 21.0 Å². The van der Waals surface area contributed by atoms with Crippen LogP contribution in [0.25, 0.3) is 0 Å². The highest BCUT2D eigenvalue weighted by atomic mass is 32.2. The number of nitrogens with zero attached hydrogens (tertiary/aromatic N) is 2. The second kappa shape index (κ2) is 6.39. The molecule has 20 heavy (non-hydrogen) atoms. The van der Waals surface area contributed by atoms with Crippen LogP contribution >= 0.6 is 0 Å². The van der Waals surface area contributed by atoms with E-state index in [4.69, 9.17) is 0 Å². The van der Waals surface area contributed by atoms with Gasteiger partial charge in [-0.3, -0.25) is 4.79 Å². The zero-order chi connectivity index (χ0) is 15.5. The molecule has 0 saturated heterocycles. The molecular weight excluding hydrogens is 278 g/mol. The van der Waals surface area contributed by atoms with Crippen LogP contribution in [0.15, 0.2) is 12.3 Å². The Morgan fingerprint density at radius 1 is 1.35 bits per heavy atom. The first kappa shape index (κ1) is 16.7. The molecule has 2 atom stereocenters. The third-order valence-electron chi connectivity index (χ3n) is 3.16. The molecule has 0 aliphatic rings. The molecule has 0 radical (unpaired) electrons. The fourth-order valence-electron chi connectivity index (χ4n) is 1.97. The number of carbonyl (C=O) groups is 1. The second-order valence-corrected chi connectivity index (χ2v) is 7.97. The molecule has 0 aromatic carbocycles. The Morgan fingerprint density at radius 3 is 2.45 bits per heavy atom. The van der Waals surface area contributed by atoms with E-state index in [9.17, 15) is 13.2 Å². The zero-order valence-corrected chi connectivity index (χ0v) is 13.4. The first-order valence-electron chi connectivity index (χ1n) is 6.66. The Bertz CT molecular complexity index is 563. The highest BCUT2D eigenvalue weighted by molar-refractivity contribution is 7.92. The summed E-state index contributed by atoms with van der Waals surface area (Å²) in [5, 5.41) is 5.75. The normalized spacial score (nSPS) is 15.1. The minimum atomic E-state index is -3.40. The van der Waals surface area contributed by atoms with Crippen molar-refractivity contribution in [3.05, 3.63) is 12.3 Å². The van der Waals surface area contributed by atoms with Crippen molar-refractivity contribution in [1.82, 2.24) is 9.78 Å². The van der Waals surface area contributed by atoms with Gasteiger partial charge in [-0.1, -0.05) is 13.8 Å². The van der Waals surface area contributed by atoms with E-state index in [1.165, 1.54) is 6.92 Å². The second-order valence-electron chi connectivity index (χ2n) is 5.60. The van der Waals surface area contributed by atoms with Crippen molar-refractivity contribution in [2.45, 2.75) is 45.4 Å². The number of carbonyl (C=O) groups excluding carboxylic acids is 1. The molecular formula is C13H23N3O3S. The number of sulfone groups is 1. The Kier molecular flexibility index (Phi) is 5.33. The summed E-state index contributed by atoms with van der Waals surface area (Å²) in [7, 11) is -3.40. The Hall–Kier alpha value is -1.37. The van der Waals surface area contributed by atoms with Crippen LogP contribution < -0.4 is 5.32 Å². The summed E-state index contributed by atoms with van der Waals surface area (Å²) in [6.07, 6.45) is 3.57. The molecule has 0 spiro atoms. The van der Waals surface area contributed by atoms with E-state index in [0.717, 1.165) is 12.7 Å². The maximum atomic E-state index is 11.9. The first-order chi connectivity index (χ1) is 9.12. The fraction of sp³-hybridized carbons (Fsp3) is 0.692. The largest absolute Gasteiger partial charge is 0.310 e. The molecule has 0 unspecified atom stereocenters. The molecule has 1 heterocycles. The van der Waals surface area contributed by atoms with Crippen LogP contribution in [0.4, 0.5) is 5.82 Å². The monoisotopic (exact) mass is 301 g/mol. The average molecular weight is 301 g/mol. The fourth-order valence-corrected chi connectivity index (χ4v) is 2.42. The van der Waals surface area contributed by atoms with Gasteiger partial charge in [-0.25, -0.2) is 13.1 Å². The van der Waals surface area contributed by atoms with Gasteiger partial charge in [0.25, 0.3) is 0 Å². The average Bonchev–Trinajstić information content (AvgIpc) is 2.73. The van der Waals surface area contributed by atoms with Crippen LogP contribution in [-0.4, -0.2) is 35.6 Å². The van der Waals surface area contributed by atoms with Gasteiger partial charge in [0.15, 0.2) is 9.84 Å². The van der Waals surface area contributed by atoms with Crippen LogP contribution in [-0.2, 0) is 14.6 Å². The number of aromatic nitrogens is 2. The molecule has 1 aromatic rings. The maximum absolute atomic E-state index is 11.9. The van der Waals surface area contributed by atoms with Gasteiger partial charge < -0.3 is 5.32 Å². The van der Waals surface area contributed by atoms with E-state index in [1.807, 2.05) is 6.92 Å². The first-order valence-corrected chi connectivity index (χ1v) is 8.61.